The zero-order valence-electron chi connectivity index (χ0n) is 13.7. The highest BCUT2D eigenvalue weighted by atomic mass is 79.9. The number of benzene rings is 1. The van der Waals surface area contributed by atoms with E-state index in [2.05, 4.69) is 28.2 Å². The van der Waals surface area contributed by atoms with Crippen molar-refractivity contribution in [1.82, 2.24) is 10.2 Å². The molecule has 1 saturated heterocycles. The topological polar surface area (TPSA) is 75.5 Å². The molecule has 1 aromatic carbocycles. The van der Waals surface area contributed by atoms with E-state index in [1.54, 1.807) is 6.07 Å². The van der Waals surface area contributed by atoms with Crippen LogP contribution in [0.5, 0.6) is 0 Å². The third-order valence-electron chi connectivity index (χ3n) is 4.24. The van der Waals surface area contributed by atoms with E-state index >= 15 is 0 Å². The van der Waals surface area contributed by atoms with Crippen LogP contribution in [0.15, 0.2) is 22.7 Å². The number of rotatable bonds is 6. The Morgan fingerprint density at radius 1 is 1.42 bits per heavy atom. The summed E-state index contributed by atoms with van der Waals surface area (Å²) in [6.07, 6.45) is 2.33. The quantitative estimate of drug-likeness (QED) is 0.566. The predicted molar refractivity (Wildman–Crippen MR) is 99.6 cm³/mol. The Morgan fingerprint density at radius 3 is 2.62 bits per heavy atom. The number of non-ortho nitro benzene ring substituents is 1. The van der Waals surface area contributed by atoms with Gasteiger partial charge in [-0.05, 0) is 37.4 Å². The van der Waals surface area contributed by atoms with Gasteiger partial charge in [0.05, 0.1) is 11.3 Å². The van der Waals surface area contributed by atoms with Gasteiger partial charge in [-0.2, -0.15) is 0 Å². The third kappa shape index (κ3) is 5.72. The van der Waals surface area contributed by atoms with Crippen molar-refractivity contribution in [3.63, 3.8) is 0 Å². The van der Waals surface area contributed by atoms with Crippen LogP contribution in [0.1, 0.15) is 25.3 Å². The lowest BCUT2D eigenvalue weighted by Gasteiger charge is -2.32. The molecular formula is C16H23BrClN3O3. The second-order valence-electron chi connectivity index (χ2n) is 5.84. The maximum atomic E-state index is 12.4. The standard InChI is InChI=1S/C16H22BrN3O3.ClH/c1-2-18-11-12-5-7-19(8-6-12)16(21)9-13-3-4-14(20(22)23)10-15(13)17;/h3-4,10,12,18H,2,5-9,11H2,1H3;1H. The highest BCUT2D eigenvalue weighted by molar-refractivity contribution is 9.10. The first-order valence-corrected chi connectivity index (χ1v) is 8.72. The number of nitrogens with zero attached hydrogens (tertiary/aromatic N) is 2. The number of piperidine rings is 1. The van der Waals surface area contributed by atoms with Crippen LogP contribution in [0.2, 0.25) is 0 Å². The number of hydrogen-bond acceptors (Lipinski definition) is 4. The number of halogens is 2. The van der Waals surface area contributed by atoms with Gasteiger partial charge >= 0.3 is 0 Å². The minimum atomic E-state index is -0.439. The van der Waals surface area contributed by atoms with E-state index in [1.165, 1.54) is 12.1 Å². The monoisotopic (exact) mass is 419 g/mol. The lowest BCUT2D eigenvalue weighted by molar-refractivity contribution is -0.384. The molecule has 0 radical (unpaired) electrons. The van der Waals surface area contributed by atoms with E-state index in [9.17, 15) is 14.9 Å². The Balaban J connectivity index is 0.00000288. The summed E-state index contributed by atoms with van der Waals surface area (Å²) in [5, 5.41) is 14.1. The first kappa shape index (κ1) is 20.9. The number of nitro benzene ring substituents is 1. The van der Waals surface area contributed by atoms with Crippen LogP contribution in [0.3, 0.4) is 0 Å². The molecule has 0 aromatic heterocycles. The van der Waals surface area contributed by atoms with Crippen molar-refractivity contribution < 1.29 is 9.72 Å². The molecule has 0 aliphatic carbocycles. The van der Waals surface area contributed by atoms with Crippen molar-refractivity contribution in [2.45, 2.75) is 26.2 Å². The van der Waals surface area contributed by atoms with Crippen molar-refractivity contribution in [3.8, 4) is 0 Å². The molecule has 24 heavy (non-hydrogen) atoms. The predicted octanol–water partition coefficient (Wildman–Crippen LogP) is 3.17. The van der Waals surface area contributed by atoms with Crippen molar-refractivity contribution in [2.24, 2.45) is 5.92 Å². The van der Waals surface area contributed by atoms with Crippen LogP contribution < -0.4 is 5.32 Å². The number of likely N-dealkylation sites (tertiary alicyclic amines) is 1. The average molecular weight is 421 g/mol. The van der Waals surface area contributed by atoms with Gasteiger partial charge in [-0.3, -0.25) is 14.9 Å². The van der Waals surface area contributed by atoms with E-state index in [1.807, 2.05) is 4.90 Å². The molecule has 8 heteroatoms. The number of amides is 1. The van der Waals surface area contributed by atoms with Crippen molar-refractivity contribution in [2.75, 3.05) is 26.2 Å². The number of nitrogens with one attached hydrogen (secondary N) is 1. The van der Waals surface area contributed by atoms with Gasteiger partial charge in [-0.25, -0.2) is 0 Å². The molecule has 0 spiro atoms. The highest BCUT2D eigenvalue weighted by Gasteiger charge is 2.23. The molecule has 1 aliphatic heterocycles. The Bertz CT molecular complexity index is 578. The van der Waals surface area contributed by atoms with E-state index < -0.39 is 4.92 Å². The van der Waals surface area contributed by atoms with Crippen molar-refractivity contribution >= 4 is 39.9 Å². The maximum Gasteiger partial charge on any atom is 0.270 e. The molecule has 0 bridgehead atoms. The summed E-state index contributed by atoms with van der Waals surface area (Å²) < 4.78 is 0.613. The Hall–Kier alpha value is -1.18. The lowest BCUT2D eigenvalue weighted by Crippen LogP contribution is -2.41. The van der Waals surface area contributed by atoms with Gasteiger partial charge in [0.15, 0.2) is 0 Å². The van der Waals surface area contributed by atoms with Gasteiger partial charge < -0.3 is 10.2 Å². The molecule has 1 fully saturated rings. The summed E-state index contributed by atoms with van der Waals surface area (Å²) in [7, 11) is 0. The summed E-state index contributed by atoms with van der Waals surface area (Å²) >= 11 is 3.32. The molecule has 0 unspecified atom stereocenters. The van der Waals surface area contributed by atoms with Crippen LogP contribution in [0, 0.1) is 16.0 Å². The zero-order valence-corrected chi connectivity index (χ0v) is 16.1. The summed E-state index contributed by atoms with van der Waals surface area (Å²) in [4.78, 5) is 24.6. The number of carbonyl (C=O) groups is 1. The molecule has 2 rings (SSSR count). The van der Waals surface area contributed by atoms with Crippen LogP contribution in [-0.4, -0.2) is 41.9 Å². The molecule has 1 heterocycles. The lowest BCUT2D eigenvalue weighted by atomic mass is 9.96. The average Bonchev–Trinajstić information content (AvgIpc) is 2.55. The molecule has 1 aromatic rings. The number of nitro groups is 1. The summed E-state index contributed by atoms with van der Waals surface area (Å²) in [5.41, 5.74) is 0.813. The highest BCUT2D eigenvalue weighted by Crippen LogP contribution is 2.24. The van der Waals surface area contributed by atoms with Crippen LogP contribution in [0.25, 0.3) is 0 Å². The second kappa shape index (κ2) is 9.96. The minimum Gasteiger partial charge on any atom is -0.342 e. The third-order valence-corrected chi connectivity index (χ3v) is 4.98. The van der Waals surface area contributed by atoms with Gasteiger partial charge in [0.25, 0.3) is 5.69 Å². The van der Waals surface area contributed by atoms with Gasteiger partial charge in [-0.1, -0.05) is 28.9 Å². The molecule has 1 aliphatic rings. The maximum absolute atomic E-state index is 12.4. The number of hydrogen-bond donors (Lipinski definition) is 1. The van der Waals surface area contributed by atoms with Crippen molar-refractivity contribution in [1.29, 1.82) is 0 Å². The minimum absolute atomic E-state index is 0. The normalized spacial score (nSPS) is 15.0. The Labute approximate surface area is 156 Å². The summed E-state index contributed by atoms with van der Waals surface area (Å²) in [5.74, 6) is 0.728. The first-order chi connectivity index (χ1) is 11.0. The molecule has 1 amide bonds. The smallest absolute Gasteiger partial charge is 0.270 e. The van der Waals surface area contributed by atoms with Gasteiger partial charge in [-0.15, -0.1) is 12.4 Å². The molecule has 0 saturated carbocycles. The first-order valence-electron chi connectivity index (χ1n) is 7.92. The van der Waals surface area contributed by atoms with Crippen LogP contribution >= 0.6 is 28.3 Å². The second-order valence-corrected chi connectivity index (χ2v) is 6.70. The molecule has 0 atom stereocenters. The van der Waals surface area contributed by atoms with E-state index in [4.69, 9.17) is 0 Å². The van der Waals surface area contributed by atoms with Crippen molar-refractivity contribution in [3.05, 3.63) is 38.3 Å². The molecular weight excluding hydrogens is 398 g/mol. The fourth-order valence-electron chi connectivity index (χ4n) is 2.80. The largest absolute Gasteiger partial charge is 0.342 e. The van der Waals surface area contributed by atoms with Gasteiger partial charge in [0.2, 0.25) is 5.91 Å². The van der Waals surface area contributed by atoms with Gasteiger partial charge in [0.1, 0.15) is 0 Å². The number of carbonyl (C=O) groups excluding carboxylic acids is 1. The van der Waals surface area contributed by atoms with Crippen LogP contribution in [-0.2, 0) is 11.2 Å². The SMILES string of the molecule is CCNCC1CCN(C(=O)Cc2ccc([N+](=O)[O-])cc2Br)CC1.Cl. The fraction of sp³-hybridized carbons (Fsp3) is 0.562. The summed E-state index contributed by atoms with van der Waals surface area (Å²) in [6.45, 7) is 5.68. The molecule has 6 nitrogen and oxygen atoms in total. The van der Waals surface area contributed by atoms with E-state index in [0.717, 1.165) is 44.6 Å². The van der Waals surface area contributed by atoms with Crippen LogP contribution in [0.4, 0.5) is 5.69 Å². The Morgan fingerprint density at radius 2 is 2.08 bits per heavy atom. The summed E-state index contributed by atoms with van der Waals surface area (Å²) in [6, 6.07) is 4.54. The fourth-order valence-corrected chi connectivity index (χ4v) is 3.31. The van der Waals surface area contributed by atoms with E-state index in [0.29, 0.717) is 10.4 Å². The molecule has 1 N–H and O–H groups in total. The Kier molecular flexibility index (Phi) is 8.66. The van der Waals surface area contributed by atoms with E-state index in [-0.39, 0.29) is 30.4 Å². The van der Waals surface area contributed by atoms with Gasteiger partial charge in [0, 0.05) is 29.7 Å². The molecule has 134 valence electrons. The zero-order chi connectivity index (χ0) is 16.8.